The number of nitrogens with one attached hydrogen (secondary N) is 1. The first-order valence-electron chi connectivity index (χ1n) is 8.10. The number of hydrogen-bond acceptors (Lipinski definition) is 3. The fraction of sp³-hybridized carbons (Fsp3) is 0.625. The van der Waals surface area contributed by atoms with Crippen LogP contribution in [0.4, 0.5) is 0 Å². The van der Waals surface area contributed by atoms with E-state index >= 15 is 0 Å². The third kappa shape index (κ3) is 3.80. The molecule has 3 rings (SSSR count). The van der Waals surface area contributed by atoms with Crippen molar-refractivity contribution in [2.75, 3.05) is 26.2 Å². The number of nitrogens with zero attached hydrogens (tertiary/aromatic N) is 1. The molecule has 122 valence electrons. The molecule has 1 fully saturated rings. The average Bonchev–Trinajstić information content (AvgIpc) is 2.83. The summed E-state index contributed by atoms with van der Waals surface area (Å²) >= 11 is 0. The Morgan fingerprint density at radius 1 is 1.14 bits per heavy atom. The summed E-state index contributed by atoms with van der Waals surface area (Å²) in [6.07, 6.45) is 5.03. The predicted molar refractivity (Wildman–Crippen MR) is 86.1 cm³/mol. The summed E-state index contributed by atoms with van der Waals surface area (Å²) in [4.78, 5) is 0. The number of hydrogen-bond donors (Lipinski definition) is 1. The monoisotopic (exact) mass is 324 g/mol. The van der Waals surface area contributed by atoms with Gasteiger partial charge in [-0.1, -0.05) is 31.0 Å². The number of fused-ring (bicyclic) bond motifs is 1. The first-order valence-corrected chi connectivity index (χ1v) is 9.54. The minimum absolute atomic E-state index is 0.191. The van der Waals surface area contributed by atoms with E-state index < -0.39 is 10.2 Å². The van der Waals surface area contributed by atoms with Crippen LogP contribution in [0.2, 0.25) is 0 Å². The highest BCUT2D eigenvalue weighted by Crippen LogP contribution is 2.26. The van der Waals surface area contributed by atoms with Crippen LogP contribution in [0.25, 0.3) is 0 Å². The van der Waals surface area contributed by atoms with Crippen molar-refractivity contribution < 1.29 is 13.2 Å². The normalized spacial score (nSPS) is 23.4. The summed E-state index contributed by atoms with van der Waals surface area (Å²) in [6, 6.07) is 7.96. The standard InChI is InChI=1S/C16H24N2O3S/c19-22(20,18-9-5-1-2-6-10-18)17-12-14-11-15-7-3-4-8-16(15)21-13-14/h3-4,7-8,14,17H,1-2,5-6,9-13H2/t14-/m0/s1. The lowest BCUT2D eigenvalue weighted by Gasteiger charge is -2.27. The second-order valence-corrected chi connectivity index (χ2v) is 7.91. The van der Waals surface area contributed by atoms with Crippen LogP contribution in [0.5, 0.6) is 5.75 Å². The Morgan fingerprint density at radius 2 is 1.86 bits per heavy atom. The molecule has 0 aliphatic carbocycles. The van der Waals surface area contributed by atoms with Crippen LogP contribution in [0.3, 0.4) is 0 Å². The summed E-state index contributed by atoms with van der Waals surface area (Å²) in [5.41, 5.74) is 1.16. The Bertz CT molecular complexity index is 595. The van der Waals surface area contributed by atoms with E-state index in [1.807, 2.05) is 24.3 Å². The smallest absolute Gasteiger partial charge is 0.279 e. The molecule has 2 heterocycles. The Kier molecular flexibility index (Phi) is 5.00. The highest BCUT2D eigenvalue weighted by molar-refractivity contribution is 7.87. The van der Waals surface area contributed by atoms with Crippen molar-refractivity contribution in [1.82, 2.24) is 9.03 Å². The third-order valence-electron chi connectivity index (χ3n) is 4.42. The van der Waals surface area contributed by atoms with E-state index in [1.165, 1.54) is 0 Å². The SMILES string of the molecule is O=S(=O)(NC[C@H]1COc2ccccc2C1)N1CCCCCC1. The number of rotatable bonds is 4. The van der Waals surface area contributed by atoms with Crippen LogP contribution in [-0.4, -0.2) is 39.0 Å². The molecule has 1 atom stereocenters. The van der Waals surface area contributed by atoms with Gasteiger partial charge in [0.2, 0.25) is 0 Å². The van der Waals surface area contributed by atoms with Crippen molar-refractivity contribution in [3.8, 4) is 5.75 Å². The summed E-state index contributed by atoms with van der Waals surface area (Å²) in [6.45, 7) is 2.28. The maximum atomic E-state index is 12.4. The van der Waals surface area contributed by atoms with Gasteiger partial charge in [-0.15, -0.1) is 0 Å². The molecule has 5 nitrogen and oxygen atoms in total. The number of ether oxygens (including phenoxy) is 1. The molecule has 0 unspecified atom stereocenters. The molecule has 1 aromatic carbocycles. The lowest BCUT2D eigenvalue weighted by molar-refractivity contribution is 0.222. The first-order chi connectivity index (χ1) is 10.6. The van der Waals surface area contributed by atoms with E-state index in [4.69, 9.17) is 4.74 Å². The molecule has 0 spiro atoms. The maximum absolute atomic E-state index is 12.4. The second-order valence-electron chi connectivity index (χ2n) is 6.16. The quantitative estimate of drug-likeness (QED) is 0.921. The Balaban J connectivity index is 1.56. The molecule has 0 bridgehead atoms. The van der Waals surface area contributed by atoms with E-state index in [9.17, 15) is 8.42 Å². The van der Waals surface area contributed by atoms with Crippen LogP contribution in [0.15, 0.2) is 24.3 Å². The highest BCUT2D eigenvalue weighted by atomic mass is 32.2. The van der Waals surface area contributed by atoms with Crippen molar-refractivity contribution in [3.63, 3.8) is 0 Å². The molecule has 1 aromatic rings. The molecule has 0 radical (unpaired) electrons. The molecule has 1 saturated heterocycles. The van der Waals surface area contributed by atoms with Crippen molar-refractivity contribution >= 4 is 10.2 Å². The minimum atomic E-state index is -3.36. The maximum Gasteiger partial charge on any atom is 0.279 e. The van der Waals surface area contributed by atoms with E-state index in [0.29, 0.717) is 26.2 Å². The summed E-state index contributed by atoms with van der Waals surface area (Å²) in [7, 11) is -3.36. The molecular formula is C16H24N2O3S. The van der Waals surface area contributed by atoms with Gasteiger partial charge in [0, 0.05) is 25.6 Å². The van der Waals surface area contributed by atoms with Crippen LogP contribution >= 0.6 is 0 Å². The lowest BCUT2D eigenvalue weighted by atomic mass is 9.97. The van der Waals surface area contributed by atoms with Gasteiger partial charge in [0.05, 0.1) is 6.61 Å². The van der Waals surface area contributed by atoms with Gasteiger partial charge in [0.1, 0.15) is 5.75 Å². The van der Waals surface area contributed by atoms with Crippen LogP contribution in [0.1, 0.15) is 31.2 Å². The Morgan fingerprint density at radius 3 is 2.64 bits per heavy atom. The second kappa shape index (κ2) is 6.98. The zero-order valence-electron chi connectivity index (χ0n) is 12.8. The fourth-order valence-corrected chi connectivity index (χ4v) is 4.49. The average molecular weight is 324 g/mol. The highest BCUT2D eigenvalue weighted by Gasteiger charge is 2.25. The van der Waals surface area contributed by atoms with E-state index in [-0.39, 0.29) is 5.92 Å². The largest absolute Gasteiger partial charge is 0.493 e. The molecule has 0 aromatic heterocycles. The van der Waals surface area contributed by atoms with Crippen molar-refractivity contribution in [2.45, 2.75) is 32.1 Å². The van der Waals surface area contributed by atoms with E-state index in [0.717, 1.165) is 43.4 Å². The zero-order chi connectivity index (χ0) is 15.4. The molecular weight excluding hydrogens is 300 g/mol. The van der Waals surface area contributed by atoms with Gasteiger partial charge in [-0.3, -0.25) is 0 Å². The van der Waals surface area contributed by atoms with Crippen molar-refractivity contribution in [3.05, 3.63) is 29.8 Å². The summed E-state index contributed by atoms with van der Waals surface area (Å²) in [5, 5.41) is 0. The molecule has 2 aliphatic heterocycles. The van der Waals surface area contributed by atoms with Crippen molar-refractivity contribution in [1.29, 1.82) is 0 Å². The van der Waals surface area contributed by atoms with Gasteiger partial charge in [-0.25, -0.2) is 4.72 Å². The van der Waals surface area contributed by atoms with Crippen LogP contribution < -0.4 is 9.46 Å². The van der Waals surface area contributed by atoms with E-state index in [2.05, 4.69) is 4.72 Å². The fourth-order valence-electron chi connectivity index (χ4n) is 3.12. The summed E-state index contributed by atoms with van der Waals surface area (Å²) < 4.78 is 34.9. The van der Waals surface area contributed by atoms with Crippen molar-refractivity contribution in [2.24, 2.45) is 5.92 Å². The first kappa shape index (κ1) is 15.8. The van der Waals surface area contributed by atoms with Gasteiger partial charge in [-0.2, -0.15) is 12.7 Å². The lowest BCUT2D eigenvalue weighted by Crippen LogP contribution is -2.44. The summed E-state index contributed by atoms with van der Waals surface area (Å²) in [5.74, 6) is 1.12. The third-order valence-corrected chi connectivity index (χ3v) is 5.99. The molecule has 1 N–H and O–H groups in total. The topological polar surface area (TPSA) is 58.6 Å². The van der Waals surface area contributed by atoms with Crippen LogP contribution in [-0.2, 0) is 16.6 Å². The van der Waals surface area contributed by atoms with Gasteiger partial charge >= 0.3 is 0 Å². The number of benzene rings is 1. The zero-order valence-corrected chi connectivity index (χ0v) is 13.6. The van der Waals surface area contributed by atoms with Crippen LogP contribution in [0, 0.1) is 5.92 Å². The Hall–Kier alpha value is -1.11. The number of para-hydroxylation sites is 1. The van der Waals surface area contributed by atoms with E-state index in [1.54, 1.807) is 4.31 Å². The molecule has 6 heteroatoms. The molecule has 22 heavy (non-hydrogen) atoms. The van der Waals surface area contributed by atoms with Gasteiger partial charge in [-0.05, 0) is 30.9 Å². The molecule has 2 aliphatic rings. The molecule has 0 saturated carbocycles. The van der Waals surface area contributed by atoms with Gasteiger partial charge in [0.15, 0.2) is 0 Å². The minimum Gasteiger partial charge on any atom is -0.493 e. The van der Waals surface area contributed by atoms with Gasteiger partial charge < -0.3 is 4.74 Å². The Labute approximate surface area is 132 Å². The van der Waals surface area contributed by atoms with Gasteiger partial charge in [0.25, 0.3) is 10.2 Å². The predicted octanol–water partition coefficient (Wildman–Crippen LogP) is 1.95. The molecule has 0 amide bonds.